The zero-order valence-electron chi connectivity index (χ0n) is 13.7. The second-order valence-electron chi connectivity index (χ2n) is 6.23. The van der Waals surface area contributed by atoms with E-state index in [1.54, 1.807) is 12.1 Å². The van der Waals surface area contributed by atoms with Crippen LogP contribution in [0.2, 0.25) is 0 Å². The van der Waals surface area contributed by atoms with Crippen molar-refractivity contribution in [3.8, 4) is 0 Å². The SMILES string of the molecule is Cc1ccc(N)cc1NC(=O)CCCNC(=O)C(C)(C)C.Cl. The molecule has 4 N–H and O–H groups in total. The van der Waals surface area contributed by atoms with Crippen LogP contribution in [0, 0.1) is 12.3 Å². The van der Waals surface area contributed by atoms with Crippen LogP contribution >= 0.6 is 12.4 Å². The van der Waals surface area contributed by atoms with E-state index in [2.05, 4.69) is 10.6 Å². The molecule has 0 atom stereocenters. The van der Waals surface area contributed by atoms with Crippen molar-refractivity contribution in [2.75, 3.05) is 17.6 Å². The van der Waals surface area contributed by atoms with E-state index < -0.39 is 5.41 Å². The van der Waals surface area contributed by atoms with E-state index in [0.717, 1.165) is 11.3 Å². The fraction of sp³-hybridized carbons (Fsp3) is 0.500. The summed E-state index contributed by atoms with van der Waals surface area (Å²) in [7, 11) is 0. The number of rotatable bonds is 5. The van der Waals surface area contributed by atoms with Gasteiger partial charge in [-0.3, -0.25) is 9.59 Å². The van der Waals surface area contributed by atoms with Crippen LogP contribution in [0.3, 0.4) is 0 Å². The first-order valence-corrected chi connectivity index (χ1v) is 7.14. The second-order valence-corrected chi connectivity index (χ2v) is 6.23. The number of halogens is 1. The highest BCUT2D eigenvalue weighted by molar-refractivity contribution is 5.92. The van der Waals surface area contributed by atoms with Crippen LogP contribution in [0.1, 0.15) is 39.2 Å². The van der Waals surface area contributed by atoms with E-state index in [9.17, 15) is 9.59 Å². The number of nitrogen functional groups attached to an aromatic ring is 1. The number of anilines is 2. The first kappa shape index (κ1) is 20.2. The van der Waals surface area contributed by atoms with Crippen molar-refractivity contribution in [1.29, 1.82) is 0 Å². The maximum atomic E-state index is 11.9. The molecular formula is C16H26ClN3O2. The standard InChI is InChI=1S/C16H25N3O2.ClH/c1-11-7-8-12(17)10-13(11)19-14(20)6-5-9-18-15(21)16(2,3)4;/h7-8,10H,5-6,9,17H2,1-4H3,(H,18,21)(H,19,20);1H. The summed E-state index contributed by atoms with van der Waals surface area (Å²) in [5, 5.41) is 5.66. The molecule has 124 valence electrons. The van der Waals surface area contributed by atoms with Gasteiger partial charge in [0.25, 0.3) is 0 Å². The predicted molar refractivity (Wildman–Crippen MR) is 93.2 cm³/mol. The molecule has 0 bridgehead atoms. The van der Waals surface area contributed by atoms with Gasteiger partial charge in [0, 0.05) is 29.8 Å². The molecule has 0 saturated carbocycles. The zero-order valence-corrected chi connectivity index (χ0v) is 14.5. The van der Waals surface area contributed by atoms with Crippen molar-refractivity contribution < 1.29 is 9.59 Å². The van der Waals surface area contributed by atoms with Crippen LogP contribution in [0.15, 0.2) is 18.2 Å². The summed E-state index contributed by atoms with van der Waals surface area (Å²) in [4.78, 5) is 23.5. The first-order chi connectivity index (χ1) is 9.70. The van der Waals surface area contributed by atoms with Crippen molar-refractivity contribution in [3.63, 3.8) is 0 Å². The van der Waals surface area contributed by atoms with Gasteiger partial charge in [-0.05, 0) is 31.0 Å². The van der Waals surface area contributed by atoms with Gasteiger partial charge in [-0.1, -0.05) is 26.8 Å². The number of hydrogen-bond acceptors (Lipinski definition) is 3. The summed E-state index contributed by atoms with van der Waals surface area (Å²) in [6.45, 7) is 7.99. The fourth-order valence-corrected chi connectivity index (χ4v) is 1.70. The number of carbonyl (C=O) groups excluding carboxylic acids is 2. The van der Waals surface area contributed by atoms with Gasteiger partial charge in [-0.25, -0.2) is 0 Å². The van der Waals surface area contributed by atoms with Gasteiger partial charge in [-0.2, -0.15) is 0 Å². The summed E-state index contributed by atoms with van der Waals surface area (Å²) in [6, 6.07) is 5.41. The van der Waals surface area contributed by atoms with Gasteiger partial charge in [0.15, 0.2) is 0 Å². The van der Waals surface area contributed by atoms with Crippen molar-refractivity contribution >= 4 is 35.6 Å². The van der Waals surface area contributed by atoms with Crippen molar-refractivity contribution in [3.05, 3.63) is 23.8 Å². The monoisotopic (exact) mass is 327 g/mol. The molecule has 1 aromatic rings. The van der Waals surface area contributed by atoms with E-state index in [-0.39, 0.29) is 24.2 Å². The molecular weight excluding hydrogens is 302 g/mol. The van der Waals surface area contributed by atoms with Crippen molar-refractivity contribution in [1.82, 2.24) is 5.32 Å². The number of nitrogens with one attached hydrogen (secondary N) is 2. The van der Waals surface area contributed by atoms with Crippen LogP contribution in [0.4, 0.5) is 11.4 Å². The van der Waals surface area contributed by atoms with E-state index in [0.29, 0.717) is 25.1 Å². The summed E-state index contributed by atoms with van der Waals surface area (Å²) in [5.74, 6) is -0.0803. The third kappa shape index (κ3) is 6.80. The van der Waals surface area contributed by atoms with Crippen LogP contribution in [-0.2, 0) is 9.59 Å². The lowest BCUT2D eigenvalue weighted by Gasteiger charge is -2.17. The van der Waals surface area contributed by atoms with Gasteiger partial charge >= 0.3 is 0 Å². The molecule has 0 saturated heterocycles. The molecule has 6 heteroatoms. The third-order valence-corrected chi connectivity index (χ3v) is 3.08. The Morgan fingerprint density at radius 1 is 1.23 bits per heavy atom. The number of amides is 2. The molecule has 2 amide bonds. The van der Waals surface area contributed by atoms with Crippen LogP contribution in [0.25, 0.3) is 0 Å². The van der Waals surface area contributed by atoms with Crippen LogP contribution < -0.4 is 16.4 Å². The second kappa shape index (κ2) is 8.63. The minimum Gasteiger partial charge on any atom is -0.399 e. The van der Waals surface area contributed by atoms with E-state index in [1.807, 2.05) is 33.8 Å². The van der Waals surface area contributed by atoms with Gasteiger partial charge in [0.2, 0.25) is 11.8 Å². The largest absolute Gasteiger partial charge is 0.399 e. The highest BCUT2D eigenvalue weighted by atomic mass is 35.5. The Labute approximate surface area is 138 Å². The lowest BCUT2D eigenvalue weighted by Crippen LogP contribution is -2.35. The third-order valence-electron chi connectivity index (χ3n) is 3.08. The molecule has 1 rings (SSSR count). The molecule has 1 aromatic carbocycles. The number of carbonyl (C=O) groups is 2. The molecule has 5 nitrogen and oxygen atoms in total. The van der Waals surface area contributed by atoms with Gasteiger partial charge in [0.05, 0.1) is 0 Å². The van der Waals surface area contributed by atoms with Crippen LogP contribution in [-0.4, -0.2) is 18.4 Å². The molecule has 0 aliphatic rings. The minimum absolute atomic E-state index is 0. The molecule has 0 aromatic heterocycles. The van der Waals surface area contributed by atoms with Crippen molar-refractivity contribution in [2.45, 2.75) is 40.5 Å². The maximum Gasteiger partial charge on any atom is 0.225 e. The zero-order chi connectivity index (χ0) is 16.0. The fourth-order valence-electron chi connectivity index (χ4n) is 1.70. The normalized spacial score (nSPS) is 10.5. The molecule has 0 radical (unpaired) electrons. The lowest BCUT2D eigenvalue weighted by atomic mass is 9.96. The number of benzene rings is 1. The topological polar surface area (TPSA) is 84.2 Å². The van der Waals surface area contributed by atoms with Crippen molar-refractivity contribution in [2.24, 2.45) is 5.41 Å². The molecule has 22 heavy (non-hydrogen) atoms. The number of aryl methyl sites for hydroxylation is 1. The molecule has 0 spiro atoms. The average molecular weight is 328 g/mol. The summed E-state index contributed by atoms with van der Waals surface area (Å²) >= 11 is 0. The van der Waals surface area contributed by atoms with E-state index in [1.165, 1.54) is 0 Å². The molecule has 0 aliphatic heterocycles. The molecule has 0 unspecified atom stereocenters. The minimum atomic E-state index is -0.402. The number of nitrogens with two attached hydrogens (primary N) is 1. The Hall–Kier alpha value is -1.75. The van der Waals surface area contributed by atoms with Gasteiger partial charge in [0.1, 0.15) is 0 Å². The Bertz CT molecular complexity index is 525. The lowest BCUT2D eigenvalue weighted by molar-refractivity contribution is -0.128. The molecule has 0 heterocycles. The summed E-state index contributed by atoms with van der Waals surface area (Å²) < 4.78 is 0. The predicted octanol–water partition coefficient (Wildman–Crippen LogP) is 2.88. The van der Waals surface area contributed by atoms with E-state index in [4.69, 9.17) is 5.73 Å². The molecule has 0 aliphatic carbocycles. The number of hydrogen-bond donors (Lipinski definition) is 3. The molecule has 0 fully saturated rings. The Morgan fingerprint density at radius 3 is 2.45 bits per heavy atom. The smallest absolute Gasteiger partial charge is 0.225 e. The van der Waals surface area contributed by atoms with E-state index >= 15 is 0 Å². The Kier molecular flexibility index (Phi) is 7.95. The summed E-state index contributed by atoms with van der Waals surface area (Å²) in [5.41, 5.74) is 7.62. The Morgan fingerprint density at radius 2 is 1.86 bits per heavy atom. The quantitative estimate of drug-likeness (QED) is 0.574. The highest BCUT2D eigenvalue weighted by Crippen LogP contribution is 2.18. The average Bonchev–Trinajstić information content (AvgIpc) is 2.37. The maximum absolute atomic E-state index is 11.9. The summed E-state index contributed by atoms with van der Waals surface area (Å²) in [6.07, 6.45) is 0.966. The van der Waals surface area contributed by atoms with Crippen LogP contribution in [0.5, 0.6) is 0 Å². The Balaban J connectivity index is 0.00000441. The highest BCUT2D eigenvalue weighted by Gasteiger charge is 2.20. The van der Waals surface area contributed by atoms with Gasteiger partial charge in [-0.15, -0.1) is 12.4 Å². The van der Waals surface area contributed by atoms with Gasteiger partial charge < -0.3 is 16.4 Å². The first-order valence-electron chi connectivity index (χ1n) is 7.14.